The number of amides is 2. The number of hydrogen-bond donors (Lipinski definition) is 0. The molecule has 3 rings (SSSR count). The molecule has 2 aliphatic rings. The van der Waals surface area contributed by atoms with Crippen molar-refractivity contribution in [2.24, 2.45) is 5.92 Å². The van der Waals surface area contributed by atoms with Crippen LogP contribution in [0, 0.1) is 5.92 Å². The Hall–Kier alpha value is -2.10. The van der Waals surface area contributed by atoms with E-state index in [1.807, 2.05) is 29.2 Å². The Kier molecular flexibility index (Phi) is 4.01. The van der Waals surface area contributed by atoms with Crippen LogP contribution in [0.1, 0.15) is 31.2 Å². The standard InChI is InChI=1S/C18H22N2O2/c1-19(2)17(21)11-15-14-9-5-6-10-16(14)20(18(15)22)12-13-7-3-4-8-13/h5-6,9-11,13H,3-4,7-8,12H2,1-2H3/b15-11+. The second-order valence-electron chi connectivity index (χ2n) is 6.37. The second-order valence-corrected chi connectivity index (χ2v) is 6.37. The molecular formula is C18H22N2O2. The summed E-state index contributed by atoms with van der Waals surface area (Å²) in [4.78, 5) is 28.1. The summed E-state index contributed by atoms with van der Waals surface area (Å²) in [5, 5.41) is 0. The highest BCUT2D eigenvalue weighted by atomic mass is 16.2. The lowest BCUT2D eigenvalue weighted by atomic mass is 10.1. The maximum atomic E-state index is 12.8. The number of rotatable bonds is 3. The molecule has 1 saturated carbocycles. The normalized spacial score (nSPS) is 19.8. The molecule has 1 aliphatic carbocycles. The third-order valence-electron chi connectivity index (χ3n) is 4.58. The van der Waals surface area contributed by atoms with Gasteiger partial charge < -0.3 is 9.80 Å². The Morgan fingerprint density at radius 2 is 1.95 bits per heavy atom. The van der Waals surface area contributed by atoms with Crippen molar-refractivity contribution in [1.29, 1.82) is 0 Å². The molecule has 2 amide bonds. The third-order valence-corrected chi connectivity index (χ3v) is 4.58. The van der Waals surface area contributed by atoms with Crippen LogP contribution in [0.4, 0.5) is 5.69 Å². The lowest BCUT2D eigenvalue weighted by Crippen LogP contribution is -2.31. The van der Waals surface area contributed by atoms with Gasteiger partial charge in [0, 0.05) is 32.3 Å². The summed E-state index contributed by atoms with van der Waals surface area (Å²) in [6.45, 7) is 0.767. The van der Waals surface area contributed by atoms with E-state index in [9.17, 15) is 9.59 Å². The molecular weight excluding hydrogens is 276 g/mol. The van der Waals surface area contributed by atoms with Gasteiger partial charge in [-0.15, -0.1) is 0 Å². The van der Waals surface area contributed by atoms with Crippen molar-refractivity contribution in [3.05, 3.63) is 35.9 Å². The average Bonchev–Trinajstić information content (AvgIpc) is 3.10. The number of nitrogens with zero attached hydrogens (tertiary/aromatic N) is 2. The fourth-order valence-corrected chi connectivity index (χ4v) is 3.33. The van der Waals surface area contributed by atoms with Gasteiger partial charge in [-0.1, -0.05) is 31.0 Å². The van der Waals surface area contributed by atoms with E-state index in [2.05, 4.69) is 0 Å². The monoisotopic (exact) mass is 298 g/mol. The first-order valence-electron chi connectivity index (χ1n) is 7.92. The summed E-state index contributed by atoms with van der Waals surface area (Å²) in [7, 11) is 3.39. The SMILES string of the molecule is CN(C)C(=O)/C=C1/C(=O)N(CC2CCCC2)c2ccccc21. The number of para-hydroxylation sites is 1. The van der Waals surface area contributed by atoms with E-state index in [1.165, 1.54) is 36.7 Å². The molecule has 1 fully saturated rings. The van der Waals surface area contributed by atoms with Gasteiger partial charge in [-0.2, -0.15) is 0 Å². The first-order valence-corrected chi connectivity index (χ1v) is 7.92. The maximum Gasteiger partial charge on any atom is 0.259 e. The average molecular weight is 298 g/mol. The molecule has 0 aromatic heterocycles. The molecule has 0 radical (unpaired) electrons. The molecule has 1 aromatic rings. The van der Waals surface area contributed by atoms with Crippen molar-refractivity contribution in [2.75, 3.05) is 25.5 Å². The molecule has 22 heavy (non-hydrogen) atoms. The maximum absolute atomic E-state index is 12.8. The van der Waals surface area contributed by atoms with Crippen LogP contribution in [0.5, 0.6) is 0 Å². The van der Waals surface area contributed by atoms with E-state index in [0.717, 1.165) is 17.8 Å². The molecule has 0 bridgehead atoms. The zero-order valence-electron chi connectivity index (χ0n) is 13.2. The number of carbonyl (C=O) groups excluding carboxylic acids is 2. The van der Waals surface area contributed by atoms with E-state index < -0.39 is 0 Å². The summed E-state index contributed by atoms with van der Waals surface area (Å²) in [5.41, 5.74) is 2.34. The Labute approximate surface area is 131 Å². The van der Waals surface area contributed by atoms with Gasteiger partial charge in [0.25, 0.3) is 5.91 Å². The van der Waals surface area contributed by atoms with Crippen LogP contribution in [-0.2, 0) is 9.59 Å². The molecule has 0 saturated heterocycles. The van der Waals surface area contributed by atoms with Crippen molar-refractivity contribution in [2.45, 2.75) is 25.7 Å². The number of fused-ring (bicyclic) bond motifs is 1. The highest BCUT2D eigenvalue weighted by Gasteiger charge is 2.34. The zero-order valence-corrected chi connectivity index (χ0v) is 13.2. The molecule has 4 nitrogen and oxygen atoms in total. The minimum atomic E-state index is -0.152. The lowest BCUT2D eigenvalue weighted by Gasteiger charge is -2.21. The summed E-state index contributed by atoms with van der Waals surface area (Å²) >= 11 is 0. The molecule has 0 atom stereocenters. The second kappa shape index (κ2) is 5.95. The van der Waals surface area contributed by atoms with Crippen LogP contribution in [0.2, 0.25) is 0 Å². The van der Waals surface area contributed by atoms with Gasteiger partial charge in [0.15, 0.2) is 0 Å². The van der Waals surface area contributed by atoms with E-state index in [1.54, 1.807) is 14.1 Å². The highest BCUT2D eigenvalue weighted by molar-refractivity contribution is 6.34. The quantitative estimate of drug-likeness (QED) is 0.805. The van der Waals surface area contributed by atoms with Crippen LogP contribution in [0.25, 0.3) is 5.57 Å². The first-order chi connectivity index (χ1) is 10.6. The van der Waals surface area contributed by atoms with E-state index in [0.29, 0.717) is 11.5 Å². The minimum Gasteiger partial charge on any atom is -0.345 e. The molecule has 1 heterocycles. The highest BCUT2D eigenvalue weighted by Crippen LogP contribution is 2.38. The van der Waals surface area contributed by atoms with Gasteiger partial charge in [0.1, 0.15) is 0 Å². The van der Waals surface area contributed by atoms with Gasteiger partial charge in [0.05, 0.1) is 11.3 Å². The Bertz CT molecular complexity index is 628. The molecule has 116 valence electrons. The van der Waals surface area contributed by atoms with E-state index in [-0.39, 0.29) is 11.8 Å². The number of likely N-dealkylation sites (N-methyl/N-ethyl adjacent to an activating group) is 1. The number of hydrogen-bond acceptors (Lipinski definition) is 2. The number of carbonyl (C=O) groups is 2. The molecule has 0 spiro atoms. The molecule has 4 heteroatoms. The minimum absolute atomic E-state index is 0.0386. The Balaban J connectivity index is 1.93. The van der Waals surface area contributed by atoms with E-state index >= 15 is 0 Å². The predicted octanol–water partition coefficient (Wildman–Crippen LogP) is 2.70. The van der Waals surface area contributed by atoms with Gasteiger partial charge in [-0.25, -0.2) is 0 Å². The van der Waals surface area contributed by atoms with Crippen LogP contribution < -0.4 is 4.90 Å². The van der Waals surface area contributed by atoms with Crippen LogP contribution in [0.3, 0.4) is 0 Å². The predicted molar refractivity (Wildman–Crippen MR) is 87.4 cm³/mol. The fourth-order valence-electron chi connectivity index (χ4n) is 3.33. The van der Waals surface area contributed by atoms with Crippen LogP contribution in [0.15, 0.2) is 30.3 Å². The molecule has 1 aliphatic heterocycles. The smallest absolute Gasteiger partial charge is 0.259 e. The summed E-state index contributed by atoms with van der Waals surface area (Å²) in [6, 6.07) is 7.77. The van der Waals surface area contributed by atoms with Crippen LogP contribution >= 0.6 is 0 Å². The lowest BCUT2D eigenvalue weighted by molar-refractivity contribution is -0.123. The topological polar surface area (TPSA) is 40.6 Å². The molecule has 0 N–H and O–H groups in total. The Morgan fingerprint density at radius 3 is 2.64 bits per heavy atom. The number of benzene rings is 1. The Morgan fingerprint density at radius 1 is 1.27 bits per heavy atom. The van der Waals surface area contributed by atoms with E-state index in [4.69, 9.17) is 0 Å². The first kappa shape index (κ1) is 14.8. The van der Waals surface area contributed by atoms with Gasteiger partial charge >= 0.3 is 0 Å². The zero-order chi connectivity index (χ0) is 15.7. The largest absolute Gasteiger partial charge is 0.345 e. The van der Waals surface area contributed by atoms with Crippen molar-refractivity contribution in [3.63, 3.8) is 0 Å². The van der Waals surface area contributed by atoms with Crippen LogP contribution in [-0.4, -0.2) is 37.4 Å². The molecule has 1 aromatic carbocycles. The van der Waals surface area contributed by atoms with Crippen molar-refractivity contribution in [1.82, 2.24) is 4.90 Å². The van der Waals surface area contributed by atoms with Crippen molar-refractivity contribution >= 4 is 23.1 Å². The van der Waals surface area contributed by atoms with Crippen molar-refractivity contribution < 1.29 is 9.59 Å². The van der Waals surface area contributed by atoms with Gasteiger partial charge in [-0.3, -0.25) is 9.59 Å². The number of anilines is 1. The van der Waals surface area contributed by atoms with Crippen molar-refractivity contribution in [3.8, 4) is 0 Å². The van der Waals surface area contributed by atoms with Gasteiger partial charge in [-0.05, 0) is 24.8 Å². The van der Waals surface area contributed by atoms with Gasteiger partial charge in [0.2, 0.25) is 5.91 Å². The third kappa shape index (κ3) is 2.65. The summed E-state index contributed by atoms with van der Waals surface area (Å²) in [5.74, 6) is 0.394. The molecule has 0 unspecified atom stereocenters. The summed E-state index contributed by atoms with van der Waals surface area (Å²) in [6.07, 6.45) is 6.38. The summed E-state index contributed by atoms with van der Waals surface area (Å²) < 4.78 is 0. The fraction of sp³-hybridized carbons (Fsp3) is 0.444.